The fourth-order valence-corrected chi connectivity index (χ4v) is 3.77. The predicted molar refractivity (Wildman–Crippen MR) is 128 cm³/mol. The number of fused-ring (bicyclic) bond motifs is 1. The number of nitrogens with zero attached hydrogens (tertiary/aromatic N) is 5. The van der Waals surface area contributed by atoms with Crippen LogP contribution < -0.4 is 10.6 Å². The van der Waals surface area contributed by atoms with Crippen LogP contribution in [0.4, 0.5) is 23.0 Å². The molecule has 7 heteroatoms. The predicted octanol–water partition coefficient (Wildman–Crippen LogP) is 5.62. The van der Waals surface area contributed by atoms with Crippen LogP contribution in [0.15, 0.2) is 73.1 Å². The highest BCUT2D eigenvalue weighted by Crippen LogP contribution is 2.27. The zero-order valence-corrected chi connectivity index (χ0v) is 18.2. The first-order valence-electron chi connectivity index (χ1n) is 10.4. The van der Waals surface area contributed by atoms with Crippen molar-refractivity contribution >= 4 is 34.0 Å². The van der Waals surface area contributed by atoms with E-state index >= 15 is 0 Å². The number of aromatic nitrogens is 5. The van der Waals surface area contributed by atoms with E-state index in [1.165, 1.54) is 0 Å². The molecule has 2 N–H and O–H groups in total. The molecule has 0 amide bonds. The Morgan fingerprint density at radius 3 is 2.12 bits per heavy atom. The topological polar surface area (TPSA) is 80.5 Å². The highest BCUT2D eigenvalue weighted by Gasteiger charge is 2.14. The third-order valence-electron chi connectivity index (χ3n) is 5.24. The van der Waals surface area contributed by atoms with Crippen molar-refractivity contribution in [2.24, 2.45) is 0 Å². The van der Waals surface area contributed by atoms with E-state index in [0.717, 1.165) is 56.7 Å². The van der Waals surface area contributed by atoms with Gasteiger partial charge in [-0.05, 0) is 68.8 Å². The SMILES string of the molecule is Cc1cc(Nc2ccc(Nc3cc(C)c4c(C)nn(-c5ccccc5)c4n3)cc2)ncn1. The molecule has 0 radical (unpaired) electrons. The highest BCUT2D eigenvalue weighted by molar-refractivity contribution is 5.85. The quantitative estimate of drug-likeness (QED) is 0.383. The third kappa shape index (κ3) is 3.88. The number of anilines is 4. The van der Waals surface area contributed by atoms with Gasteiger partial charge in [0.05, 0.1) is 11.4 Å². The number of rotatable bonds is 5. The largest absolute Gasteiger partial charge is 0.340 e. The van der Waals surface area contributed by atoms with Gasteiger partial charge in [-0.15, -0.1) is 0 Å². The Labute approximate surface area is 186 Å². The van der Waals surface area contributed by atoms with Gasteiger partial charge in [-0.25, -0.2) is 19.6 Å². The van der Waals surface area contributed by atoms with Crippen molar-refractivity contribution in [1.82, 2.24) is 24.7 Å². The van der Waals surface area contributed by atoms with Crippen LogP contribution in [0.1, 0.15) is 17.0 Å². The molecule has 158 valence electrons. The summed E-state index contributed by atoms with van der Waals surface area (Å²) in [5.41, 5.74) is 6.75. The molecule has 0 saturated carbocycles. The summed E-state index contributed by atoms with van der Waals surface area (Å²) in [4.78, 5) is 13.3. The minimum absolute atomic E-state index is 0.769. The summed E-state index contributed by atoms with van der Waals surface area (Å²) in [5, 5.41) is 12.5. The molecule has 5 rings (SSSR count). The smallest absolute Gasteiger partial charge is 0.165 e. The Bertz CT molecular complexity index is 1390. The summed E-state index contributed by atoms with van der Waals surface area (Å²) in [6.45, 7) is 6.06. The molecule has 0 spiro atoms. The zero-order valence-electron chi connectivity index (χ0n) is 18.2. The first kappa shape index (κ1) is 19.7. The van der Waals surface area contributed by atoms with Crippen LogP contribution in [-0.4, -0.2) is 24.7 Å². The van der Waals surface area contributed by atoms with Gasteiger partial charge in [0.1, 0.15) is 18.0 Å². The normalized spacial score (nSPS) is 11.0. The molecule has 2 aromatic carbocycles. The maximum atomic E-state index is 4.89. The van der Waals surface area contributed by atoms with Gasteiger partial charge in [-0.2, -0.15) is 5.10 Å². The van der Waals surface area contributed by atoms with Gasteiger partial charge in [0, 0.05) is 28.5 Å². The molecular formula is C25H23N7. The number of hydrogen-bond acceptors (Lipinski definition) is 6. The summed E-state index contributed by atoms with van der Waals surface area (Å²) in [6.07, 6.45) is 1.56. The van der Waals surface area contributed by atoms with Crippen LogP contribution in [0.5, 0.6) is 0 Å². The summed E-state index contributed by atoms with van der Waals surface area (Å²) >= 11 is 0. The van der Waals surface area contributed by atoms with E-state index in [-0.39, 0.29) is 0 Å². The van der Waals surface area contributed by atoms with E-state index in [1.807, 2.05) is 79.2 Å². The Balaban J connectivity index is 1.43. The van der Waals surface area contributed by atoms with Crippen LogP contribution in [-0.2, 0) is 0 Å². The monoisotopic (exact) mass is 421 g/mol. The molecule has 32 heavy (non-hydrogen) atoms. The minimum atomic E-state index is 0.769. The molecule has 5 aromatic rings. The second-order valence-electron chi connectivity index (χ2n) is 7.73. The van der Waals surface area contributed by atoms with Crippen molar-refractivity contribution in [1.29, 1.82) is 0 Å². The van der Waals surface area contributed by atoms with Gasteiger partial charge in [0.25, 0.3) is 0 Å². The first-order valence-corrected chi connectivity index (χ1v) is 10.4. The third-order valence-corrected chi connectivity index (χ3v) is 5.24. The molecule has 0 atom stereocenters. The van der Waals surface area contributed by atoms with E-state index in [4.69, 9.17) is 10.1 Å². The van der Waals surface area contributed by atoms with Crippen molar-refractivity contribution in [2.45, 2.75) is 20.8 Å². The number of aryl methyl sites for hydroxylation is 3. The lowest BCUT2D eigenvalue weighted by Crippen LogP contribution is -2.00. The maximum absolute atomic E-state index is 4.89. The number of hydrogen-bond donors (Lipinski definition) is 2. The molecule has 0 unspecified atom stereocenters. The molecule has 7 nitrogen and oxygen atoms in total. The van der Waals surface area contributed by atoms with E-state index in [0.29, 0.717) is 0 Å². The number of para-hydroxylation sites is 1. The summed E-state index contributed by atoms with van der Waals surface area (Å²) in [6, 6.07) is 22.1. The summed E-state index contributed by atoms with van der Waals surface area (Å²) in [7, 11) is 0. The van der Waals surface area contributed by atoms with Crippen LogP contribution >= 0.6 is 0 Å². The van der Waals surface area contributed by atoms with Crippen LogP contribution in [0, 0.1) is 20.8 Å². The van der Waals surface area contributed by atoms with Crippen LogP contribution in [0.3, 0.4) is 0 Å². The second kappa shape index (κ2) is 8.11. The highest BCUT2D eigenvalue weighted by atomic mass is 15.3. The molecule has 0 bridgehead atoms. The average Bonchev–Trinajstić information content (AvgIpc) is 3.12. The fraction of sp³-hybridized carbons (Fsp3) is 0.120. The Kier molecular flexibility index (Phi) is 4.99. The molecule has 3 aromatic heterocycles. The molecular weight excluding hydrogens is 398 g/mol. The molecule has 3 heterocycles. The van der Waals surface area contributed by atoms with Gasteiger partial charge in [0.2, 0.25) is 0 Å². The fourth-order valence-electron chi connectivity index (χ4n) is 3.77. The number of pyridine rings is 1. The van der Waals surface area contributed by atoms with Crippen LogP contribution in [0.2, 0.25) is 0 Å². The van der Waals surface area contributed by atoms with Crippen molar-refractivity contribution in [3.63, 3.8) is 0 Å². The Hall–Kier alpha value is -4.26. The molecule has 0 aliphatic heterocycles. The average molecular weight is 422 g/mol. The standard InChI is InChI=1S/C25H23N7/c1-16-13-23(30-25-24(16)18(3)31-32(25)21-7-5-4-6-8-21)29-20-11-9-19(10-12-20)28-22-14-17(2)26-15-27-22/h4-15H,1-3H3,(H,29,30)(H,26,27,28). The van der Waals surface area contributed by atoms with Crippen molar-refractivity contribution < 1.29 is 0 Å². The van der Waals surface area contributed by atoms with Gasteiger partial charge in [-0.1, -0.05) is 18.2 Å². The van der Waals surface area contributed by atoms with Crippen LogP contribution in [0.25, 0.3) is 16.7 Å². The second-order valence-corrected chi connectivity index (χ2v) is 7.73. The van der Waals surface area contributed by atoms with E-state index in [1.54, 1.807) is 6.33 Å². The number of benzene rings is 2. The molecule has 0 saturated heterocycles. The van der Waals surface area contributed by atoms with E-state index in [9.17, 15) is 0 Å². The van der Waals surface area contributed by atoms with Gasteiger partial charge in [0.15, 0.2) is 5.65 Å². The maximum Gasteiger partial charge on any atom is 0.165 e. The van der Waals surface area contributed by atoms with Crippen molar-refractivity contribution in [3.05, 3.63) is 90.0 Å². The Morgan fingerprint density at radius 1 is 0.750 bits per heavy atom. The van der Waals surface area contributed by atoms with E-state index < -0.39 is 0 Å². The molecule has 0 aliphatic rings. The van der Waals surface area contributed by atoms with Gasteiger partial charge >= 0.3 is 0 Å². The lowest BCUT2D eigenvalue weighted by Gasteiger charge is -2.10. The minimum Gasteiger partial charge on any atom is -0.340 e. The zero-order chi connectivity index (χ0) is 22.1. The summed E-state index contributed by atoms with van der Waals surface area (Å²) < 4.78 is 1.90. The Morgan fingerprint density at radius 2 is 1.44 bits per heavy atom. The first-order chi connectivity index (χ1) is 15.6. The molecule has 0 fully saturated rings. The van der Waals surface area contributed by atoms with Gasteiger partial charge < -0.3 is 10.6 Å². The molecule has 0 aliphatic carbocycles. The lowest BCUT2D eigenvalue weighted by atomic mass is 10.1. The van der Waals surface area contributed by atoms with E-state index in [2.05, 4.69) is 33.6 Å². The number of nitrogens with one attached hydrogen (secondary N) is 2. The lowest BCUT2D eigenvalue weighted by molar-refractivity contribution is 0.878. The van der Waals surface area contributed by atoms with Crippen molar-refractivity contribution in [3.8, 4) is 5.69 Å². The summed E-state index contributed by atoms with van der Waals surface area (Å²) in [5.74, 6) is 1.55. The van der Waals surface area contributed by atoms with Crippen molar-refractivity contribution in [2.75, 3.05) is 10.6 Å². The van der Waals surface area contributed by atoms with Gasteiger partial charge in [-0.3, -0.25) is 0 Å².